The van der Waals surface area contributed by atoms with E-state index in [4.69, 9.17) is 0 Å². The second kappa shape index (κ2) is 8.29. The summed E-state index contributed by atoms with van der Waals surface area (Å²) in [4.78, 5) is 18.6. The van der Waals surface area contributed by atoms with E-state index in [2.05, 4.69) is 29.0 Å². The molecule has 1 aliphatic rings. The summed E-state index contributed by atoms with van der Waals surface area (Å²) in [6.07, 6.45) is 8.80. The van der Waals surface area contributed by atoms with Gasteiger partial charge in [0, 0.05) is 30.2 Å². The van der Waals surface area contributed by atoms with Crippen LogP contribution >= 0.6 is 11.3 Å². The van der Waals surface area contributed by atoms with E-state index in [0.717, 1.165) is 18.0 Å². The zero-order valence-electron chi connectivity index (χ0n) is 12.9. The van der Waals surface area contributed by atoms with Crippen molar-refractivity contribution in [2.75, 3.05) is 19.6 Å². The van der Waals surface area contributed by atoms with E-state index in [-0.39, 0.29) is 5.91 Å². The average Bonchev–Trinajstić information content (AvgIpc) is 3.12. The van der Waals surface area contributed by atoms with Crippen LogP contribution in [0.15, 0.2) is 17.7 Å². The van der Waals surface area contributed by atoms with Crippen LogP contribution in [-0.2, 0) is 4.79 Å². The highest BCUT2D eigenvalue weighted by atomic mass is 32.1. The van der Waals surface area contributed by atoms with Gasteiger partial charge in [-0.15, -0.1) is 11.3 Å². The molecule has 2 heterocycles. The normalized spacial score (nSPS) is 17.7. The zero-order chi connectivity index (χ0) is 15.1. The van der Waals surface area contributed by atoms with Crippen molar-refractivity contribution in [3.63, 3.8) is 0 Å². The van der Waals surface area contributed by atoms with Gasteiger partial charge in [-0.1, -0.05) is 13.8 Å². The van der Waals surface area contributed by atoms with Gasteiger partial charge >= 0.3 is 0 Å². The first-order chi connectivity index (χ1) is 10.1. The van der Waals surface area contributed by atoms with Gasteiger partial charge in [-0.25, -0.2) is 4.98 Å². The van der Waals surface area contributed by atoms with Crippen LogP contribution in [-0.4, -0.2) is 41.5 Å². The van der Waals surface area contributed by atoms with Crippen molar-refractivity contribution in [3.05, 3.63) is 22.7 Å². The summed E-state index contributed by atoms with van der Waals surface area (Å²) in [5.74, 6) is 0.622. The smallest absolute Gasteiger partial charge is 0.244 e. The molecule has 1 aromatic rings. The number of amides is 1. The standard InChI is InChI=1S/C16H25N3OS/c1-13(2)11-14(19-8-3-4-9-19)12-18-15(20)5-6-16-17-7-10-21-16/h5-7,10,13-14H,3-4,8-9,11-12H2,1-2H3,(H,18,20)/b6-5-/t14-/m1/s1. The van der Waals surface area contributed by atoms with E-state index in [0.29, 0.717) is 12.0 Å². The first kappa shape index (κ1) is 16.2. The summed E-state index contributed by atoms with van der Waals surface area (Å²) >= 11 is 1.53. The third kappa shape index (κ3) is 5.59. The molecule has 5 heteroatoms. The Hall–Kier alpha value is -1.20. The number of hydrogen-bond donors (Lipinski definition) is 1. The van der Waals surface area contributed by atoms with Gasteiger partial charge in [-0.2, -0.15) is 0 Å². The van der Waals surface area contributed by atoms with Gasteiger partial charge in [-0.05, 0) is 44.3 Å². The summed E-state index contributed by atoms with van der Waals surface area (Å²) < 4.78 is 0. The molecular formula is C16H25N3OS. The van der Waals surface area contributed by atoms with Gasteiger partial charge < -0.3 is 5.32 Å². The molecule has 1 atom stereocenters. The molecule has 1 N–H and O–H groups in total. The van der Waals surface area contributed by atoms with Gasteiger partial charge in [0.25, 0.3) is 0 Å². The Labute approximate surface area is 131 Å². The van der Waals surface area contributed by atoms with Crippen LogP contribution in [0, 0.1) is 5.92 Å². The lowest BCUT2D eigenvalue weighted by molar-refractivity contribution is -0.116. The van der Waals surface area contributed by atoms with Crippen LogP contribution in [0.3, 0.4) is 0 Å². The third-order valence-corrected chi connectivity index (χ3v) is 4.48. The number of nitrogens with zero attached hydrogens (tertiary/aromatic N) is 2. The lowest BCUT2D eigenvalue weighted by Crippen LogP contribution is -2.43. The van der Waals surface area contributed by atoms with Crippen molar-refractivity contribution in [2.45, 2.75) is 39.2 Å². The molecule has 1 aromatic heterocycles. The Morgan fingerprint density at radius 1 is 1.48 bits per heavy atom. The molecule has 1 aliphatic heterocycles. The minimum atomic E-state index is -0.0295. The van der Waals surface area contributed by atoms with Gasteiger partial charge in [0.05, 0.1) is 0 Å². The van der Waals surface area contributed by atoms with Crippen LogP contribution < -0.4 is 5.32 Å². The topological polar surface area (TPSA) is 45.2 Å². The number of likely N-dealkylation sites (tertiary alicyclic amines) is 1. The van der Waals surface area contributed by atoms with Gasteiger partial charge in [0.1, 0.15) is 5.01 Å². The predicted molar refractivity (Wildman–Crippen MR) is 88.2 cm³/mol. The molecule has 116 valence electrons. The summed E-state index contributed by atoms with van der Waals surface area (Å²) in [5.41, 5.74) is 0. The monoisotopic (exact) mass is 307 g/mol. The Morgan fingerprint density at radius 3 is 2.86 bits per heavy atom. The lowest BCUT2D eigenvalue weighted by Gasteiger charge is -2.29. The van der Waals surface area contributed by atoms with Gasteiger partial charge in [-0.3, -0.25) is 9.69 Å². The molecule has 4 nitrogen and oxygen atoms in total. The number of rotatable bonds is 7. The first-order valence-electron chi connectivity index (χ1n) is 7.74. The number of thiazole rings is 1. The SMILES string of the molecule is CC(C)C[C@H](CNC(=O)/C=C\c1nccs1)N1CCCC1. The van der Waals surface area contributed by atoms with Crippen molar-refractivity contribution in [1.29, 1.82) is 0 Å². The number of carbonyl (C=O) groups is 1. The second-order valence-electron chi connectivity index (χ2n) is 5.98. The minimum Gasteiger partial charge on any atom is -0.351 e. The predicted octanol–water partition coefficient (Wildman–Crippen LogP) is 2.78. The highest BCUT2D eigenvalue weighted by Gasteiger charge is 2.22. The molecule has 1 fully saturated rings. The molecule has 1 amide bonds. The Kier molecular flexibility index (Phi) is 6.39. The maximum atomic E-state index is 11.9. The van der Waals surface area contributed by atoms with E-state index >= 15 is 0 Å². The molecule has 0 spiro atoms. The quantitative estimate of drug-likeness (QED) is 0.788. The summed E-state index contributed by atoms with van der Waals surface area (Å²) in [7, 11) is 0. The van der Waals surface area contributed by atoms with E-state index in [1.165, 1.54) is 37.3 Å². The van der Waals surface area contributed by atoms with Crippen molar-refractivity contribution in [1.82, 2.24) is 15.2 Å². The lowest BCUT2D eigenvalue weighted by atomic mass is 10.0. The Balaban J connectivity index is 1.81. The number of nitrogens with one attached hydrogen (secondary N) is 1. The fraction of sp³-hybridized carbons (Fsp3) is 0.625. The van der Waals surface area contributed by atoms with Crippen LogP contribution in [0.2, 0.25) is 0 Å². The van der Waals surface area contributed by atoms with Crippen LogP contribution in [0.25, 0.3) is 6.08 Å². The zero-order valence-corrected chi connectivity index (χ0v) is 13.7. The first-order valence-corrected chi connectivity index (χ1v) is 8.62. The molecule has 0 radical (unpaired) electrons. The van der Waals surface area contributed by atoms with Gasteiger partial charge in [0.2, 0.25) is 5.91 Å². The maximum Gasteiger partial charge on any atom is 0.244 e. The molecule has 0 unspecified atom stereocenters. The summed E-state index contributed by atoms with van der Waals surface area (Å²) in [6, 6.07) is 0.463. The van der Waals surface area contributed by atoms with Gasteiger partial charge in [0.15, 0.2) is 0 Å². The second-order valence-corrected chi connectivity index (χ2v) is 6.90. The molecule has 0 saturated carbocycles. The Bertz CT molecular complexity index is 450. The molecule has 21 heavy (non-hydrogen) atoms. The minimum absolute atomic E-state index is 0.0295. The molecule has 2 rings (SSSR count). The molecule has 0 bridgehead atoms. The number of aromatic nitrogens is 1. The molecule has 0 aromatic carbocycles. The van der Waals surface area contributed by atoms with E-state index in [1.54, 1.807) is 18.3 Å². The summed E-state index contributed by atoms with van der Waals surface area (Å²) in [5, 5.41) is 5.81. The third-order valence-electron chi connectivity index (χ3n) is 3.74. The molecule has 1 saturated heterocycles. The molecular weight excluding hydrogens is 282 g/mol. The van der Waals surface area contributed by atoms with E-state index in [1.807, 2.05) is 5.38 Å². The summed E-state index contributed by atoms with van der Waals surface area (Å²) in [6.45, 7) is 7.56. The van der Waals surface area contributed by atoms with Crippen LogP contribution in [0.4, 0.5) is 0 Å². The maximum absolute atomic E-state index is 11.9. The number of carbonyl (C=O) groups excluding carboxylic acids is 1. The number of hydrogen-bond acceptors (Lipinski definition) is 4. The largest absolute Gasteiger partial charge is 0.351 e. The molecule has 0 aliphatic carbocycles. The van der Waals surface area contributed by atoms with Crippen molar-refractivity contribution < 1.29 is 4.79 Å². The van der Waals surface area contributed by atoms with Crippen LogP contribution in [0.1, 0.15) is 38.1 Å². The average molecular weight is 307 g/mol. The van der Waals surface area contributed by atoms with Crippen LogP contribution in [0.5, 0.6) is 0 Å². The van der Waals surface area contributed by atoms with Crippen molar-refractivity contribution in [3.8, 4) is 0 Å². The fourth-order valence-electron chi connectivity index (χ4n) is 2.75. The Morgan fingerprint density at radius 2 is 2.24 bits per heavy atom. The van der Waals surface area contributed by atoms with Crippen molar-refractivity contribution >= 4 is 23.3 Å². The van der Waals surface area contributed by atoms with E-state index < -0.39 is 0 Å². The fourth-order valence-corrected chi connectivity index (χ4v) is 3.28. The highest BCUT2D eigenvalue weighted by Crippen LogP contribution is 2.17. The van der Waals surface area contributed by atoms with E-state index in [9.17, 15) is 4.79 Å². The highest BCUT2D eigenvalue weighted by molar-refractivity contribution is 7.10. The van der Waals surface area contributed by atoms with Crippen molar-refractivity contribution in [2.24, 2.45) is 5.92 Å².